The van der Waals surface area contributed by atoms with Gasteiger partial charge < -0.3 is 38.8 Å². The Labute approximate surface area is 273 Å². The minimum Gasteiger partial charge on any atom is -0.454 e. The summed E-state index contributed by atoms with van der Waals surface area (Å²) in [4.78, 5) is 24.5. The van der Waals surface area contributed by atoms with E-state index in [9.17, 15) is 23.1 Å². The minimum absolute atomic E-state index is 0.0416. The fraction of sp³-hybridized carbons (Fsp3) is 0.548. The molecule has 5 atom stereocenters. The van der Waals surface area contributed by atoms with Gasteiger partial charge in [-0.2, -0.15) is 4.31 Å². The molecule has 0 radical (unpaired) electrons. The normalized spacial score (nSPS) is 21.6. The Kier molecular flexibility index (Phi) is 11.1. The second-order valence-corrected chi connectivity index (χ2v) is 14.4. The van der Waals surface area contributed by atoms with Crippen molar-refractivity contribution >= 4 is 22.2 Å². The summed E-state index contributed by atoms with van der Waals surface area (Å²) >= 11 is 0. The summed E-state index contributed by atoms with van der Waals surface area (Å²) in [7, 11) is -4.26. The molecular formula is C31H41N3O12S. The van der Waals surface area contributed by atoms with E-state index in [1.165, 1.54) is 23.7 Å². The lowest BCUT2D eigenvalue weighted by Crippen LogP contribution is -2.52. The first-order valence-corrected chi connectivity index (χ1v) is 16.8. The van der Waals surface area contributed by atoms with Gasteiger partial charge in [0.2, 0.25) is 16.8 Å². The van der Waals surface area contributed by atoms with Crippen LogP contribution in [-0.2, 0) is 35.4 Å². The number of nitrogens with one attached hydrogen (secondary N) is 2. The third-order valence-electron chi connectivity index (χ3n) is 8.39. The Morgan fingerprint density at radius 3 is 2.62 bits per heavy atom. The smallest absolute Gasteiger partial charge is 0.431 e. The van der Waals surface area contributed by atoms with Crippen LogP contribution in [0.15, 0.2) is 53.4 Å². The van der Waals surface area contributed by atoms with Crippen LogP contribution in [0.5, 0.6) is 11.5 Å². The number of aliphatic hydroxyl groups is 1. The van der Waals surface area contributed by atoms with Crippen LogP contribution in [0.3, 0.4) is 0 Å². The van der Waals surface area contributed by atoms with Gasteiger partial charge in [0.25, 0.3) is 0 Å². The maximum atomic E-state index is 14.2. The van der Waals surface area contributed by atoms with Gasteiger partial charge in [-0.05, 0) is 42.4 Å². The molecule has 0 aliphatic carbocycles. The van der Waals surface area contributed by atoms with Crippen LogP contribution < -0.4 is 20.3 Å². The molecule has 47 heavy (non-hydrogen) atoms. The standard InChI is InChI=1S/C31H41N3O12S/c1-31(2,11-13-42-30(37)33-38)18-34(47(39,40)21-8-9-25-26(15-21)45-19-44-25)16-24(35)23(14-20-6-4-3-5-7-20)32-29(36)46-27-17-43-28-22(27)10-12-41-28/h3-9,15,22-24,27-28,35,38H,10-14,16-19H2,1-2H3,(H,32,36)(H,33,37)/t22-,23-,24+,27-,28+/m0/s1. The molecule has 5 rings (SSSR count). The molecular weight excluding hydrogens is 638 g/mol. The molecule has 3 heterocycles. The second-order valence-electron chi connectivity index (χ2n) is 12.5. The van der Waals surface area contributed by atoms with Gasteiger partial charge in [0, 0.05) is 19.2 Å². The number of alkyl carbamates (subject to hydrolysis) is 1. The average Bonchev–Trinajstić information content (AvgIpc) is 3.79. The molecule has 3 aliphatic heterocycles. The Bertz CT molecular complexity index is 1490. The molecule has 0 saturated carbocycles. The predicted octanol–water partition coefficient (Wildman–Crippen LogP) is 2.40. The molecule has 258 valence electrons. The van der Waals surface area contributed by atoms with E-state index in [2.05, 4.69) is 5.32 Å². The van der Waals surface area contributed by atoms with Gasteiger partial charge in [0.05, 0.1) is 42.8 Å². The molecule has 0 bridgehead atoms. The number of hydroxylamine groups is 1. The van der Waals surface area contributed by atoms with Crippen molar-refractivity contribution in [2.75, 3.05) is 39.7 Å². The Hall–Kier alpha value is -3.67. The molecule has 16 heteroatoms. The van der Waals surface area contributed by atoms with Crippen LogP contribution in [0.4, 0.5) is 9.59 Å². The number of amides is 2. The number of sulfonamides is 1. The van der Waals surface area contributed by atoms with Crippen LogP contribution in [0, 0.1) is 11.3 Å². The van der Waals surface area contributed by atoms with E-state index < -0.39 is 58.7 Å². The summed E-state index contributed by atoms with van der Waals surface area (Å²) in [6.07, 6.45) is -3.04. The van der Waals surface area contributed by atoms with E-state index in [0.717, 1.165) is 9.87 Å². The van der Waals surface area contributed by atoms with Gasteiger partial charge in [-0.25, -0.2) is 23.5 Å². The third kappa shape index (κ3) is 8.82. The Balaban J connectivity index is 1.37. The first-order chi connectivity index (χ1) is 22.4. The topological polar surface area (TPSA) is 191 Å². The van der Waals surface area contributed by atoms with E-state index >= 15 is 0 Å². The quantitative estimate of drug-likeness (QED) is 0.169. The number of aliphatic hydroxyl groups excluding tert-OH is 1. The van der Waals surface area contributed by atoms with Crippen molar-refractivity contribution < 1.29 is 56.7 Å². The van der Waals surface area contributed by atoms with Gasteiger partial charge in [-0.15, -0.1) is 0 Å². The van der Waals surface area contributed by atoms with Crippen LogP contribution in [0.25, 0.3) is 0 Å². The molecule has 4 N–H and O–H groups in total. The lowest BCUT2D eigenvalue weighted by atomic mass is 9.89. The molecule has 2 aromatic carbocycles. The number of nitrogens with zero attached hydrogens (tertiary/aromatic N) is 1. The maximum absolute atomic E-state index is 14.2. The Morgan fingerprint density at radius 2 is 1.85 bits per heavy atom. The van der Waals surface area contributed by atoms with Gasteiger partial charge in [0.15, 0.2) is 17.8 Å². The fourth-order valence-electron chi connectivity index (χ4n) is 5.80. The summed E-state index contributed by atoms with van der Waals surface area (Å²) in [5.41, 5.74) is 1.41. The van der Waals surface area contributed by atoms with E-state index in [4.69, 9.17) is 33.6 Å². The summed E-state index contributed by atoms with van der Waals surface area (Å²) in [5.74, 6) is 0.589. The highest BCUT2D eigenvalue weighted by Gasteiger charge is 2.44. The van der Waals surface area contributed by atoms with Crippen molar-refractivity contribution in [1.29, 1.82) is 0 Å². The van der Waals surface area contributed by atoms with Crippen LogP contribution in [0.2, 0.25) is 0 Å². The van der Waals surface area contributed by atoms with Gasteiger partial charge in [-0.1, -0.05) is 44.2 Å². The molecule has 15 nitrogen and oxygen atoms in total. The van der Waals surface area contributed by atoms with Crippen LogP contribution >= 0.6 is 0 Å². The lowest BCUT2D eigenvalue weighted by Gasteiger charge is -2.35. The molecule has 2 saturated heterocycles. The molecule has 0 aromatic heterocycles. The zero-order chi connectivity index (χ0) is 33.6. The fourth-order valence-corrected chi connectivity index (χ4v) is 7.46. The summed E-state index contributed by atoms with van der Waals surface area (Å²) in [5, 5.41) is 23.2. The number of rotatable bonds is 14. The first-order valence-electron chi connectivity index (χ1n) is 15.3. The number of carbonyl (C=O) groups excluding carboxylic acids is 2. The van der Waals surface area contributed by atoms with Gasteiger partial charge >= 0.3 is 12.2 Å². The van der Waals surface area contributed by atoms with Crippen molar-refractivity contribution in [2.45, 2.75) is 62.5 Å². The van der Waals surface area contributed by atoms with Crippen molar-refractivity contribution in [3.63, 3.8) is 0 Å². The largest absolute Gasteiger partial charge is 0.454 e. The number of ether oxygens (including phenoxy) is 6. The zero-order valence-electron chi connectivity index (χ0n) is 26.2. The summed E-state index contributed by atoms with van der Waals surface area (Å²) in [6, 6.07) is 12.5. The lowest BCUT2D eigenvalue weighted by molar-refractivity contribution is -0.0907. The Morgan fingerprint density at radius 1 is 1.09 bits per heavy atom. The SMILES string of the molecule is CC(C)(CCOC(=O)NO)CN(C[C@@H](O)[C@H](Cc1ccccc1)NC(=O)O[C@H]1CO[C@H]2OCC[C@H]21)S(=O)(=O)c1ccc2c(c1)OCO2. The van der Waals surface area contributed by atoms with Gasteiger partial charge in [0.1, 0.15) is 6.10 Å². The zero-order valence-corrected chi connectivity index (χ0v) is 27.0. The highest BCUT2D eigenvalue weighted by Crippen LogP contribution is 2.36. The van der Waals surface area contributed by atoms with Crippen LogP contribution in [0.1, 0.15) is 32.3 Å². The van der Waals surface area contributed by atoms with E-state index in [1.54, 1.807) is 13.8 Å². The van der Waals surface area contributed by atoms with Crippen LogP contribution in [-0.4, -0.2) is 99.5 Å². The van der Waals surface area contributed by atoms with E-state index in [1.807, 2.05) is 30.3 Å². The number of hydrogen-bond donors (Lipinski definition) is 4. The predicted molar refractivity (Wildman–Crippen MR) is 163 cm³/mol. The number of fused-ring (bicyclic) bond motifs is 2. The highest BCUT2D eigenvalue weighted by atomic mass is 32.2. The molecule has 2 amide bonds. The van der Waals surface area contributed by atoms with Crippen molar-refractivity contribution in [3.8, 4) is 11.5 Å². The molecule has 0 spiro atoms. The van der Waals surface area contributed by atoms with Crippen molar-refractivity contribution in [1.82, 2.24) is 15.1 Å². The average molecular weight is 680 g/mol. The maximum Gasteiger partial charge on any atom is 0.431 e. The molecule has 2 aromatic rings. The number of hydrogen-bond acceptors (Lipinski definition) is 12. The molecule has 2 fully saturated rings. The van der Waals surface area contributed by atoms with Crippen molar-refractivity contribution in [3.05, 3.63) is 54.1 Å². The minimum atomic E-state index is -4.26. The second kappa shape index (κ2) is 15.0. The molecule has 3 aliphatic rings. The summed E-state index contributed by atoms with van der Waals surface area (Å²) < 4.78 is 61.9. The van der Waals surface area contributed by atoms with E-state index in [-0.39, 0.29) is 56.0 Å². The van der Waals surface area contributed by atoms with Gasteiger partial charge in [-0.3, -0.25) is 5.21 Å². The monoisotopic (exact) mass is 679 g/mol. The number of benzene rings is 2. The third-order valence-corrected chi connectivity index (χ3v) is 10.2. The van der Waals surface area contributed by atoms with Crippen molar-refractivity contribution in [2.24, 2.45) is 11.3 Å². The number of carbonyl (C=O) groups is 2. The highest BCUT2D eigenvalue weighted by molar-refractivity contribution is 7.89. The summed E-state index contributed by atoms with van der Waals surface area (Å²) in [6.45, 7) is 3.61. The molecule has 0 unspecified atom stereocenters. The first kappa shape index (κ1) is 34.7. The van der Waals surface area contributed by atoms with E-state index in [0.29, 0.717) is 18.8 Å².